The first kappa shape index (κ1) is 20.7. The highest BCUT2D eigenvalue weighted by molar-refractivity contribution is 6.05. The first-order valence-electron chi connectivity index (χ1n) is 10.3. The summed E-state index contributed by atoms with van der Waals surface area (Å²) in [6, 6.07) is 3.99. The summed E-state index contributed by atoms with van der Waals surface area (Å²) in [6.45, 7) is 3.37. The van der Waals surface area contributed by atoms with E-state index in [1.54, 1.807) is 18.2 Å². The minimum absolute atomic E-state index is 0.130. The Balaban J connectivity index is 1.43. The van der Waals surface area contributed by atoms with Gasteiger partial charge in [0.25, 0.3) is 11.8 Å². The maximum absolute atomic E-state index is 13.8. The van der Waals surface area contributed by atoms with Crippen molar-refractivity contribution in [1.29, 1.82) is 0 Å². The molecule has 3 heterocycles. The van der Waals surface area contributed by atoms with Crippen molar-refractivity contribution in [3.63, 3.8) is 0 Å². The Morgan fingerprint density at radius 3 is 2.80 bits per heavy atom. The van der Waals surface area contributed by atoms with Gasteiger partial charge in [-0.15, -0.1) is 0 Å². The van der Waals surface area contributed by atoms with Crippen molar-refractivity contribution in [1.82, 2.24) is 15.1 Å². The molecule has 7 nitrogen and oxygen atoms in total. The maximum Gasteiger partial charge on any atom is 0.255 e. The molecule has 4 rings (SSSR count). The average molecular weight is 421 g/mol. The molecule has 162 valence electrons. The molecule has 1 aromatic rings. The molecule has 0 aromatic heterocycles. The third-order valence-corrected chi connectivity index (χ3v) is 6.16. The van der Waals surface area contributed by atoms with E-state index in [1.807, 2.05) is 11.8 Å². The molecule has 0 radical (unpaired) electrons. The van der Waals surface area contributed by atoms with E-state index in [-0.39, 0.29) is 50.3 Å². The standard InChI is InChI=1S/C21H25F2N3O4/c1-2-25-8-7-21(22,23)10-14(25)12-30-15-3-4-16-13(9-15)11-26(20(16)29)17-5-6-18(27)24-19(17)28/h3-4,9,14,17H,2,5-8,10-12H2,1H3,(H,24,27,28)/t14-,17-/m1/s1. The van der Waals surface area contributed by atoms with Crippen molar-refractivity contribution in [2.45, 2.75) is 57.2 Å². The maximum atomic E-state index is 13.8. The Labute approximate surface area is 173 Å². The molecular formula is C21H25F2N3O4. The Morgan fingerprint density at radius 2 is 2.07 bits per heavy atom. The molecule has 1 aromatic carbocycles. The topological polar surface area (TPSA) is 79.0 Å². The number of imide groups is 1. The molecule has 30 heavy (non-hydrogen) atoms. The van der Waals surface area contributed by atoms with Crippen LogP contribution < -0.4 is 10.1 Å². The Kier molecular flexibility index (Phi) is 5.48. The number of nitrogens with one attached hydrogen (secondary N) is 1. The number of carbonyl (C=O) groups excluding carboxylic acids is 3. The summed E-state index contributed by atoms with van der Waals surface area (Å²) in [4.78, 5) is 39.7. The number of fused-ring (bicyclic) bond motifs is 1. The van der Waals surface area contributed by atoms with Crippen LogP contribution in [0.1, 0.15) is 48.5 Å². The minimum atomic E-state index is -2.67. The number of hydrogen-bond acceptors (Lipinski definition) is 5. The normalized spacial score (nSPS) is 26.5. The molecule has 0 aliphatic carbocycles. The second kappa shape index (κ2) is 7.94. The Bertz CT molecular complexity index is 876. The summed E-state index contributed by atoms with van der Waals surface area (Å²) in [5.41, 5.74) is 1.22. The molecule has 0 spiro atoms. The first-order valence-corrected chi connectivity index (χ1v) is 10.3. The summed E-state index contributed by atoms with van der Waals surface area (Å²) < 4.78 is 33.4. The van der Waals surface area contributed by atoms with Crippen LogP contribution in [0, 0.1) is 0 Å². The van der Waals surface area contributed by atoms with Crippen molar-refractivity contribution in [2.24, 2.45) is 0 Å². The molecule has 0 unspecified atom stereocenters. The van der Waals surface area contributed by atoms with Crippen molar-refractivity contribution < 1.29 is 27.9 Å². The molecular weight excluding hydrogens is 396 g/mol. The molecule has 0 saturated carbocycles. The molecule has 1 N–H and O–H groups in total. The second-order valence-corrected chi connectivity index (χ2v) is 8.12. The lowest BCUT2D eigenvalue weighted by Crippen LogP contribution is -2.52. The lowest BCUT2D eigenvalue weighted by Gasteiger charge is -2.38. The lowest BCUT2D eigenvalue weighted by molar-refractivity contribution is -0.136. The van der Waals surface area contributed by atoms with E-state index in [9.17, 15) is 23.2 Å². The highest BCUT2D eigenvalue weighted by Gasteiger charge is 2.41. The van der Waals surface area contributed by atoms with Gasteiger partial charge in [0.05, 0.1) is 0 Å². The van der Waals surface area contributed by atoms with E-state index in [1.165, 1.54) is 4.90 Å². The lowest BCUT2D eigenvalue weighted by atomic mass is 9.99. The summed E-state index contributed by atoms with van der Waals surface area (Å²) >= 11 is 0. The van der Waals surface area contributed by atoms with Gasteiger partial charge in [0, 0.05) is 44.0 Å². The zero-order valence-corrected chi connectivity index (χ0v) is 16.8. The van der Waals surface area contributed by atoms with Crippen molar-refractivity contribution in [2.75, 3.05) is 19.7 Å². The van der Waals surface area contributed by atoms with Crippen LogP contribution in [0.5, 0.6) is 5.75 Å². The highest BCUT2D eigenvalue weighted by Crippen LogP contribution is 2.33. The molecule has 3 aliphatic rings. The number of amides is 3. The number of carbonyl (C=O) groups is 3. The Morgan fingerprint density at radius 1 is 1.27 bits per heavy atom. The molecule has 0 bridgehead atoms. The fourth-order valence-electron chi connectivity index (χ4n) is 4.48. The number of ether oxygens (including phenoxy) is 1. The van der Waals surface area contributed by atoms with Crippen LogP contribution in [0.4, 0.5) is 8.78 Å². The van der Waals surface area contributed by atoms with Gasteiger partial charge in [0.1, 0.15) is 18.4 Å². The molecule has 9 heteroatoms. The SMILES string of the molecule is CCN1CCC(F)(F)C[C@@H]1COc1ccc2c(c1)CN([C@@H]1CCC(=O)NC1=O)C2=O. The van der Waals surface area contributed by atoms with Gasteiger partial charge in [-0.3, -0.25) is 24.6 Å². The Hall–Kier alpha value is -2.55. The van der Waals surface area contributed by atoms with E-state index < -0.39 is 17.9 Å². The van der Waals surface area contributed by atoms with Crippen LogP contribution in [0.3, 0.4) is 0 Å². The third-order valence-electron chi connectivity index (χ3n) is 6.16. The molecule has 2 fully saturated rings. The zero-order chi connectivity index (χ0) is 21.5. The molecule has 2 atom stereocenters. The van der Waals surface area contributed by atoms with Crippen molar-refractivity contribution >= 4 is 17.7 Å². The van der Waals surface area contributed by atoms with Crippen LogP contribution >= 0.6 is 0 Å². The van der Waals surface area contributed by atoms with E-state index in [4.69, 9.17) is 4.74 Å². The van der Waals surface area contributed by atoms with E-state index in [0.29, 0.717) is 30.8 Å². The van der Waals surface area contributed by atoms with Gasteiger partial charge in [-0.05, 0) is 36.7 Å². The summed E-state index contributed by atoms with van der Waals surface area (Å²) in [5, 5.41) is 2.28. The van der Waals surface area contributed by atoms with Gasteiger partial charge < -0.3 is 9.64 Å². The van der Waals surface area contributed by atoms with Crippen LogP contribution in [0.15, 0.2) is 18.2 Å². The number of likely N-dealkylation sites (tertiary alicyclic amines) is 1. The monoisotopic (exact) mass is 421 g/mol. The van der Waals surface area contributed by atoms with Crippen LogP contribution in [0.2, 0.25) is 0 Å². The van der Waals surface area contributed by atoms with Crippen molar-refractivity contribution in [3.8, 4) is 5.75 Å². The van der Waals surface area contributed by atoms with Gasteiger partial charge in [-0.2, -0.15) is 0 Å². The number of nitrogens with zero attached hydrogens (tertiary/aromatic N) is 2. The van der Waals surface area contributed by atoms with E-state index >= 15 is 0 Å². The first-order chi connectivity index (χ1) is 14.3. The predicted molar refractivity (Wildman–Crippen MR) is 103 cm³/mol. The fraction of sp³-hybridized carbons (Fsp3) is 0.571. The fourth-order valence-corrected chi connectivity index (χ4v) is 4.48. The number of rotatable bonds is 5. The zero-order valence-electron chi connectivity index (χ0n) is 16.8. The van der Waals surface area contributed by atoms with Crippen LogP contribution in [-0.2, 0) is 16.1 Å². The van der Waals surface area contributed by atoms with E-state index in [2.05, 4.69) is 5.32 Å². The molecule has 3 amide bonds. The second-order valence-electron chi connectivity index (χ2n) is 8.12. The van der Waals surface area contributed by atoms with Crippen LogP contribution in [-0.4, -0.2) is 65.2 Å². The number of alkyl halides is 2. The van der Waals surface area contributed by atoms with Gasteiger partial charge >= 0.3 is 0 Å². The van der Waals surface area contributed by atoms with Gasteiger partial charge in [-0.1, -0.05) is 6.92 Å². The molecule has 2 saturated heterocycles. The van der Waals surface area contributed by atoms with Gasteiger partial charge in [-0.25, -0.2) is 8.78 Å². The largest absolute Gasteiger partial charge is 0.492 e. The quantitative estimate of drug-likeness (QED) is 0.736. The number of halogens is 2. The molecule has 3 aliphatic heterocycles. The summed E-state index contributed by atoms with van der Waals surface area (Å²) in [6.07, 6.45) is 0.142. The van der Waals surface area contributed by atoms with Gasteiger partial charge in [0.15, 0.2) is 0 Å². The van der Waals surface area contributed by atoms with Crippen molar-refractivity contribution in [3.05, 3.63) is 29.3 Å². The minimum Gasteiger partial charge on any atom is -0.492 e. The number of likely N-dealkylation sites (N-methyl/N-ethyl adjacent to an activating group) is 1. The third kappa shape index (κ3) is 4.03. The number of benzene rings is 1. The van der Waals surface area contributed by atoms with Crippen LogP contribution in [0.25, 0.3) is 0 Å². The summed E-state index contributed by atoms with van der Waals surface area (Å²) in [5.74, 6) is -3.20. The highest BCUT2D eigenvalue weighted by atomic mass is 19.3. The van der Waals surface area contributed by atoms with Gasteiger partial charge in [0.2, 0.25) is 11.8 Å². The number of hydrogen-bond donors (Lipinski definition) is 1. The smallest absolute Gasteiger partial charge is 0.255 e. The number of piperidine rings is 2. The van der Waals surface area contributed by atoms with E-state index in [0.717, 1.165) is 5.56 Å². The predicted octanol–water partition coefficient (Wildman–Crippen LogP) is 1.95. The average Bonchev–Trinajstić information content (AvgIpc) is 3.02. The summed E-state index contributed by atoms with van der Waals surface area (Å²) in [7, 11) is 0.